The van der Waals surface area contributed by atoms with Gasteiger partial charge >= 0.3 is 78.5 Å². The second kappa shape index (κ2) is 3.16. The van der Waals surface area contributed by atoms with Crippen LogP contribution in [0.5, 0.6) is 0 Å². The Morgan fingerprint density at radius 3 is 3.00 bits per heavy atom. The number of aromatic carboxylic acids is 1. The van der Waals surface area contributed by atoms with E-state index in [1.165, 1.54) is 12.3 Å². The Balaban J connectivity index is 2.39. The van der Waals surface area contributed by atoms with Crippen molar-refractivity contribution >= 4 is 20.7 Å². The first kappa shape index (κ1) is 8.22. The molecule has 0 bridgehead atoms. The maximum absolute atomic E-state index is 10.5. The van der Waals surface area contributed by atoms with E-state index in [-0.39, 0.29) is 20.3 Å². The van der Waals surface area contributed by atoms with Crippen LogP contribution in [-0.2, 0) is 0 Å². The molecule has 2 rings (SSSR count). The van der Waals surface area contributed by atoms with Crippen LogP contribution in [0.15, 0.2) is 21.7 Å². The molecule has 0 radical (unpaired) electrons. The topological polar surface area (TPSA) is 76.2 Å². The van der Waals surface area contributed by atoms with Crippen molar-refractivity contribution in [3.63, 3.8) is 0 Å². The van der Waals surface area contributed by atoms with Crippen molar-refractivity contribution in [1.29, 1.82) is 0 Å². The van der Waals surface area contributed by atoms with Crippen molar-refractivity contribution in [3.05, 3.63) is 22.8 Å². The van der Waals surface area contributed by atoms with Gasteiger partial charge in [0.15, 0.2) is 0 Å². The van der Waals surface area contributed by atoms with Gasteiger partial charge in [-0.25, -0.2) is 0 Å². The normalized spacial score (nSPS) is 10.2. The summed E-state index contributed by atoms with van der Waals surface area (Å²) in [5.74, 6) is -0.545. The van der Waals surface area contributed by atoms with Gasteiger partial charge in [-0.1, -0.05) is 0 Å². The number of rotatable bonds is 2. The summed E-state index contributed by atoms with van der Waals surface area (Å²) in [5.41, 5.74) is 0.748. The van der Waals surface area contributed by atoms with Crippen LogP contribution in [0.25, 0.3) is 11.5 Å². The van der Waals surface area contributed by atoms with Gasteiger partial charge in [0.2, 0.25) is 0 Å². The molecule has 5 nitrogen and oxygen atoms in total. The molecule has 0 saturated heterocycles. The Bertz CT molecular complexity index is 421. The molecule has 13 heavy (non-hydrogen) atoms. The second-order valence-electron chi connectivity index (χ2n) is 2.29. The zero-order valence-corrected chi connectivity index (χ0v) is 8.01. The summed E-state index contributed by atoms with van der Waals surface area (Å²) >= 11 is 0.0332. The van der Waals surface area contributed by atoms with Crippen LogP contribution in [0.1, 0.15) is 10.4 Å². The number of carbonyl (C=O) groups is 1. The number of hydrogen-bond acceptors (Lipinski definition) is 4. The summed E-state index contributed by atoms with van der Waals surface area (Å²) in [5, 5.41) is 12.4. The van der Waals surface area contributed by atoms with Crippen molar-refractivity contribution in [1.82, 2.24) is 9.19 Å². The Hall–Kier alpha value is -1.39. The van der Waals surface area contributed by atoms with Crippen LogP contribution < -0.4 is 0 Å². The molecule has 6 heteroatoms. The summed E-state index contributed by atoms with van der Waals surface area (Å²) in [6.45, 7) is 0. The van der Waals surface area contributed by atoms with Crippen molar-refractivity contribution in [2.75, 3.05) is 0 Å². The molecule has 0 saturated carbocycles. The predicted octanol–water partition coefficient (Wildman–Crippen LogP) is 0.492. The van der Waals surface area contributed by atoms with Gasteiger partial charge < -0.3 is 0 Å². The van der Waals surface area contributed by atoms with Gasteiger partial charge in [0.1, 0.15) is 0 Å². The van der Waals surface area contributed by atoms with E-state index in [1.807, 2.05) is 4.94 Å². The van der Waals surface area contributed by atoms with E-state index < -0.39 is 5.97 Å². The molecule has 2 aromatic heterocycles. The third-order valence-electron chi connectivity index (χ3n) is 1.46. The molecule has 0 aliphatic heterocycles. The maximum atomic E-state index is 10.5. The van der Waals surface area contributed by atoms with Crippen LogP contribution in [-0.4, -0.2) is 35.0 Å². The zero-order valence-electron chi connectivity index (χ0n) is 6.30. The summed E-state index contributed by atoms with van der Waals surface area (Å²) in [6.07, 6.45) is 1.19. The Morgan fingerprint density at radius 2 is 2.46 bits per heavy atom. The monoisotopic (exact) mass is 244 g/mol. The van der Waals surface area contributed by atoms with Crippen molar-refractivity contribution in [3.8, 4) is 11.5 Å². The van der Waals surface area contributed by atoms with Crippen LogP contribution in [0.4, 0.5) is 0 Å². The van der Waals surface area contributed by atoms with E-state index in [0.717, 1.165) is 0 Å². The van der Waals surface area contributed by atoms with Gasteiger partial charge in [0.25, 0.3) is 0 Å². The van der Waals surface area contributed by atoms with Crippen molar-refractivity contribution in [2.24, 2.45) is 0 Å². The summed E-state index contributed by atoms with van der Waals surface area (Å²) in [7, 11) is 0. The average Bonchev–Trinajstić information content (AvgIpc) is 2.75. The minimum absolute atomic E-state index is 0.0332. The molecule has 0 aliphatic carbocycles. The van der Waals surface area contributed by atoms with Gasteiger partial charge in [-0.3, -0.25) is 0 Å². The standard InChI is InChI=1S/C7H4N2O3Se/c10-7(11)4-1-6(12-2-4)5-3-13-9-8-5/h1-3H,(H,10,11). The van der Waals surface area contributed by atoms with Gasteiger partial charge in [0.05, 0.1) is 0 Å². The molecule has 0 fully saturated rings. The summed E-state index contributed by atoms with van der Waals surface area (Å²) < 4.78 is 8.80. The van der Waals surface area contributed by atoms with Gasteiger partial charge in [-0.2, -0.15) is 0 Å². The minimum atomic E-state index is -1.00. The van der Waals surface area contributed by atoms with Crippen molar-refractivity contribution < 1.29 is 14.3 Å². The third kappa shape index (κ3) is 1.54. The number of carboxylic acids is 1. The van der Waals surface area contributed by atoms with E-state index >= 15 is 0 Å². The zero-order chi connectivity index (χ0) is 9.26. The molecule has 2 heterocycles. The molecule has 0 aliphatic rings. The van der Waals surface area contributed by atoms with E-state index in [9.17, 15) is 4.79 Å². The predicted molar refractivity (Wildman–Crippen MR) is 43.6 cm³/mol. The Kier molecular flexibility index (Phi) is 2.00. The third-order valence-corrected chi connectivity index (χ3v) is 2.52. The van der Waals surface area contributed by atoms with Crippen LogP contribution in [0, 0.1) is 0 Å². The molecular weight excluding hydrogens is 239 g/mol. The van der Waals surface area contributed by atoms with Crippen LogP contribution in [0.2, 0.25) is 0 Å². The molecular formula is C7H4N2O3Se. The van der Waals surface area contributed by atoms with E-state index in [0.29, 0.717) is 11.5 Å². The number of nitrogens with zero attached hydrogens (tertiary/aromatic N) is 2. The number of aromatic nitrogens is 2. The molecule has 0 atom stereocenters. The second-order valence-corrected chi connectivity index (χ2v) is 3.57. The molecule has 0 unspecified atom stereocenters. The SMILES string of the molecule is O=C(O)c1coc(-c2c[se]nn2)c1. The fraction of sp³-hybridized carbons (Fsp3) is 0. The van der Waals surface area contributed by atoms with Gasteiger partial charge in [0, 0.05) is 0 Å². The Morgan fingerprint density at radius 1 is 1.62 bits per heavy atom. The first-order valence-corrected chi connectivity index (χ1v) is 5.12. The van der Waals surface area contributed by atoms with Gasteiger partial charge in [-0.05, 0) is 0 Å². The fourth-order valence-electron chi connectivity index (χ4n) is 0.855. The first-order valence-electron chi connectivity index (χ1n) is 3.36. The molecule has 66 valence electrons. The molecule has 0 spiro atoms. The Labute approximate surface area is 79.0 Å². The van der Waals surface area contributed by atoms with E-state index in [1.54, 1.807) is 0 Å². The quantitative estimate of drug-likeness (QED) is 0.777. The molecule has 1 N–H and O–H groups in total. The van der Waals surface area contributed by atoms with E-state index in [4.69, 9.17) is 9.52 Å². The fourth-order valence-corrected chi connectivity index (χ4v) is 1.79. The number of hydrogen-bond donors (Lipinski definition) is 1. The molecule has 0 aromatic carbocycles. The molecule has 2 aromatic rings. The van der Waals surface area contributed by atoms with Gasteiger partial charge in [-0.15, -0.1) is 0 Å². The number of carboxylic acid groups (broad SMARTS) is 1. The van der Waals surface area contributed by atoms with E-state index in [2.05, 4.69) is 9.19 Å². The molecule has 0 amide bonds. The average molecular weight is 243 g/mol. The number of furan rings is 1. The summed E-state index contributed by atoms with van der Waals surface area (Å²) in [6, 6.07) is 1.44. The summed E-state index contributed by atoms with van der Waals surface area (Å²) in [4.78, 5) is 12.3. The van der Waals surface area contributed by atoms with Crippen LogP contribution in [0.3, 0.4) is 0 Å². The van der Waals surface area contributed by atoms with Crippen LogP contribution >= 0.6 is 0 Å². The first-order chi connectivity index (χ1) is 6.27. The van der Waals surface area contributed by atoms with Crippen molar-refractivity contribution in [2.45, 2.75) is 0 Å².